The van der Waals surface area contributed by atoms with Gasteiger partial charge in [0.2, 0.25) is 0 Å². The van der Waals surface area contributed by atoms with E-state index < -0.39 is 24.0 Å². The Kier molecular flexibility index (Phi) is 7.19. The van der Waals surface area contributed by atoms with Crippen LogP contribution in [0.5, 0.6) is 5.75 Å². The van der Waals surface area contributed by atoms with E-state index >= 15 is 0 Å². The van der Waals surface area contributed by atoms with E-state index in [9.17, 15) is 9.59 Å². The zero-order valence-corrected chi connectivity index (χ0v) is 16.4. The number of ether oxygens (including phenoxy) is 2. The topological polar surface area (TPSA) is 88.4 Å². The Morgan fingerprint density at radius 2 is 1.69 bits per heavy atom. The van der Waals surface area contributed by atoms with Crippen molar-refractivity contribution in [3.63, 3.8) is 0 Å². The van der Waals surface area contributed by atoms with Crippen LogP contribution in [0.4, 0.5) is 0 Å². The van der Waals surface area contributed by atoms with Crippen molar-refractivity contribution < 1.29 is 19.1 Å². The fourth-order valence-electron chi connectivity index (χ4n) is 2.01. The highest BCUT2D eigenvalue weighted by Crippen LogP contribution is 2.24. The summed E-state index contributed by atoms with van der Waals surface area (Å²) in [6.45, 7) is 10.9. The minimum atomic E-state index is -1.01. The number of nitrogens with one attached hydrogen (secondary N) is 1. The van der Waals surface area contributed by atoms with Gasteiger partial charge in [0.15, 0.2) is 13.2 Å². The second kappa shape index (κ2) is 8.70. The first-order chi connectivity index (χ1) is 12.0. The number of rotatable bonds is 7. The average Bonchev–Trinajstić information content (AvgIpc) is 2.57. The van der Waals surface area contributed by atoms with Gasteiger partial charge < -0.3 is 14.8 Å². The highest BCUT2D eigenvalue weighted by molar-refractivity contribution is 5.81. The third-order valence-electron chi connectivity index (χ3n) is 4.23. The molecule has 0 aliphatic rings. The molecule has 0 aliphatic carbocycles. The molecule has 0 aromatic heterocycles. The van der Waals surface area contributed by atoms with Gasteiger partial charge in [-0.2, -0.15) is 5.26 Å². The van der Waals surface area contributed by atoms with Crippen molar-refractivity contribution in [2.24, 2.45) is 5.92 Å². The standard InChI is InChI=1S/C20H28N2O4/c1-14(2)20(6,13-21)22-17(23)11-26-18(24)12-25-16-9-7-15(8-10-16)19(3,4)5/h7-10,14H,11-12H2,1-6H3,(H,22,23)/t20-/m0/s1. The number of nitriles is 1. The molecule has 6 heteroatoms. The van der Waals surface area contributed by atoms with Gasteiger partial charge in [-0.3, -0.25) is 4.79 Å². The molecule has 0 saturated carbocycles. The molecule has 0 bridgehead atoms. The molecule has 0 fully saturated rings. The Hall–Kier alpha value is -2.55. The Morgan fingerprint density at radius 1 is 1.12 bits per heavy atom. The van der Waals surface area contributed by atoms with Crippen molar-refractivity contribution in [2.45, 2.75) is 52.5 Å². The summed E-state index contributed by atoms with van der Waals surface area (Å²) in [7, 11) is 0. The lowest BCUT2D eigenvalue weighted by atomic mass is 9.87. The SMILES string of the molecule is CC(C)[C@](C)(C#N)NC(=O)COC(=O)COc1ccc(C(C)(C)C)cc1. The average molecular weight is 360 g/mol. The van der Waals surface area contributed by atoms with Crippen LogP contribution in [0.25, 0.3) is 0 Å². The molecule has 0 unspecified atom stereocenters. The molecule has 0 spiro atoms. The molecule has 0 aliphatic heterocycles. The minimum Gasteiger partial charge on any atom is -0.482 e. The van der Waals surface area contributed by atoms with Crippen LogP contribution in [0.15, 0.2) is 24.3 Å². The van der Waals surface area contributed by atoms with E-state index in [1.165, 1.54) is 0 Å². The third-order valence-corrected chi connectivity index (χ3v) is 4.23. The molecule has 1 N–H and O–H groups in total. The zero-order valence-electron chi connectivity index (χ0n) is 16.4. The Balaban J connectivity index is 2.43. The maximum absolute atomic E-state index is 11.9. The summed E-state index contributed by atoms with van der Waals surface area (Å²) in [4.78, 5) is 23.6. The van der Waals surface area contributed by atoms with Crippen molar-refractivity contribution in [3.8, 4) is 11.8 Å². The van der Waals surface area contributed by atoms with E-state index in [1.807, 2.05) is 26.0 Å². The van der Waals surface area contributed by atoms with Gasteiger partial charge in [-0.15, -0.1) is 0 Å². The maximum Gasteiger partial charge on any atom is 0.344 e. The summed E-state index contributed by atoms with van der Waals surface area (Å²) in [5, 5.41) is 11.7. The molecule has 1 rings (SSSR count). The fourth-order valence-corrected chi connectivity index (χ4v) is 2.01. The molecule has 142 valence electrons. The van der Waals surface area contributed by atoms with Crippen molar-refractivity contribution in [1.29, 1.82) is 5.26 Å². The number of carbonyl (C=O) groups excluding carboxylic acids is 2. The van der Waals surface area contributed by atoms with Crippen LogP contribution in [0.1, 0.15) is 47.1 Å². The Morgan fingerprint density at radius 3 is 2.15 bits per heavy atom. The van der Waals surface area contributed by atoms with Gasteiger partial charge >= 0.3 is 5.97 Å². The zero-order chi connectivity index (χ0) is 20.0. The summed E-state index contributed by atoms with van der Waals surface area (Å²) in [6, 6.07) is 9.54. The molecule has 1 amide bonds. The van der Waals surface area contributed by atoms with Crippen LogP contribution in [-0.2, 0) is 19.7 Å². The smallest absolute Gasteiger partial charge is 0.344 e. The van der Waals surface area contributed by atoms with Gasteiger partial charge in [-0.1, -0.05) is 46.8 Å². The van der Waals surface area contributed by atoms with Crippen LogP contribution >= 0.6 is 0 Å². The summed E-state index contributed by atoms with van der Waals surface area (Å²) in [6.07, 6.45) is 0. The molecular weight excluding hydrogens is 332 g/mol. The van der Waals surface area contributed by atoms with E-state index in [2.05, 4.69) is 32.2 Å². The fraction of sp³-hybridized carbons (Fsp3) is 0.550. The highest BCUT2D eigenvalue weighted by Gasteiger charge is 2.30. The van der Waals surface area contributed by atoms with E-state index in [1.54, 1.807) is 19.1 Å². The minimum absolute atomic E-state index is 0.0404. The quantitative estimate of drug-likeness (QED) is 0.755. The number of nitrogens with zero attached hydrogens (tertiary/aromatic N) is 1. The van der Waals surface area contributed by atoms with Crippen LogP contribution < -0.4 is 10.1 Å². The van der Waals surface area contributed by atoms with E-state index in [4.69, 9.17) is 14.7 Å². The van der Waals surface area contributed by atoms with Gasteiger partial charge in [0.1, 0.15) is 11.3 Å². The van der Waals surface area contributed by atoms with Crippen LogP contribution in [-0.4, -0.2) is 30.6 Å². The molecule has 0 heterocycles. The molecule has 1 aromatic carbocycles. The predicted octanol–water partition coefficient (Wildman–Crippen LogP) is 2.96. The number of carbonyl (C=O) groups is 2. The number of hydrogen-bond donors (Lipinski definition) is 1. The molecule has 0 saturated heterocycles. The lowest BCUT2D eigenvalue weighted by Crippen LogP contribution is -2.50. The highest BCUT2D eigenvalue weighted by atomic mass is 16.6. The van der Waals surface area contributed by atoms with Gasteiger partial charge in [0.25, 0.3) is 5.91 Å². The number of amides is 1. The van der Waals surface area contributed by atoms with Crippen molar-refractivity contribution >= 4 is 11.9 Å². The molecule has 6 nitrogen and oxygen atoms in total. The van der Waals surface area contributed by atoms with Crippen LogP contribution in [0, 0.1) is 17.2 Å². The summed E-state index contributed by atoms with van der Waals surface area (Å²) < 4.78 is 10.3. The second-order valence-electron chi connectivity index (χ2n) is 7.74. The summed E-state index contributed by atoms with van der Waals surface area (Å²) in [5.41, 5.74) is 0.197. The predicted molar refractivity (Wildman–Crippen MR) is 98.6 cm³/mol. The van der Waals surface area contributed by atoms with E-state index in [0.29, 0.717) is 5.75 Å². The maximum atomic E-state index is 11.9. The summed E-state index contributed by atoms with van der Waals surface area (Å²) >= 11 is 0. The van der Waals surface area contributed by atoms with Crippen molar-refractivity contribution in [1.82, 2.24) is 5.32 Å². The van der Waals surface area contributed by atoms with Crippen molar-refractivity contribution in [3.05, 3.63) is 29.8 Å². The first-order valence-electron chi connectivity index (χ1n) is 8.59. The largest absolute Gasteiger partial charge is 0.482 e. The van der Waals surface area contributed by atoms with Gasteiger partial charge in [-0.05, 0) is 36.0 Å². The monoisotopic (exact) mass is 360 g/mol. The number of benzene rings is 1. The van der Waals surface area contributed by atoms with Crippen molar-refractivity contribution in [2.75, 3.05) is 13.2 Å². The van der Waals surface area contributed by atoms with Crippen LogP contribution in [0.2, 0.25) is 0 Å². The first kappa shape index (κ1) is 21.5. The normalized spacial score (nSPS) is 13.5. The first-order valence-corrected chi connectivity index (χ1v) is 8.59. The van der Waals surface area contributed by atoms with Gasteiger partial charge in [0.05, 0.1) is 6.07 Å². The molecule has 0 radical (unpaired) electrons. The van der Waals surface area contributed by atoms with E-state index in [0.717, 1.165) is 5.56 Å². The Labute approximate surface area is 155 Å². The van der Waals surface area contributed by atoms with Gasteiger partial charge in [-0.25, -0.2) is 4.79 Å². The second-order valence-corrected chi connectivity index (χ2v) is 7.74. The third kappa shape index (κ3) is 6.40. The molecular formula is C20H28N2O4. The Bertz CT molecular complexity index is 669. The molecule has 1 aromatic rings. The summed E-state index contributed by atoms with van der Waals surface area (Å²) in [5.74, 6) is -0.697. The number of hydrogen-bond acceptors (Lipinski definition) is 5. The van der Waals surface area contributed by atoms with E-state index in [-0.39, 0.29) is 17.9 Å². The molecule has 1 atom stereocenters. The lowest BCUT2D eigenvalue weighted by Gasteiger charge is -2.27. The van der Waals surface area contributed by atoms with Gasteiger partial charge in [0, 0.05) is 0 Å². The number of esters is 1. The lowest BCUT2D eigenvalue weighted by molar-refractivity contribution is -0.150. The van der Waals surface area contributed by atoms with Crippen LogP contribution in [0.3, 0.4) is 0 Å². The molecule has 26 heavy (non-hydrogen) atoms.